The van der Waals surface area contributed by atoms with Crippen LogP contribution in [0.1, 0.15) is 24.3 Å². The Bertz CT molecular complexity index is 683. The molecule has 0 aliphatic heterocycles. The van der Waals surface area contributed by atoms with E-state index >= 15 is 0 Å². The van der Waals surface area contributed by atoms with Gasteiger partial charge in [-0.15, -0.1) is 0 Å². The van der Waals surface area contributed by atoms with Crippen LogP contribution in [-0.2, 0) is 14.4 Å². The summed E-state index contributed by atoms with van der Waals surface area (Å²) in [7, 11) is 0. The highest BCUT2D eigenvalue weighted by atomic mass is 16.3. The van der Waals surface area contributed by atoms with Gasteiger partial charge >= 0.3 is 0 Å². The number of carbonyl (C=O) groups excluding carboxylic acids is 3. The lowest BCUT2D eigenvalue weighted by Gasteiger charge is -2.17. The zero-order valence-electron chi connectivity index (χ0n) is 13.2. The van der Waals surface area contributed by atoms with Crippen molar-refractivity contribution in [2.24, 2.45) is 0 Å². The van der Waals surface area contributed by atoms with Gasteiger partial charge in [0.1, 0.15) is 11.8 Å². The molecule has 0 aliphatic rings. The molecule has 0 spiro atoms. The molecule has 0 fully saturated rings. The van der Waals surface area contributed by atoms with Crippen LogP contribution in [0.15, 0.2) is 53.1 Å². The Morgan fingerprint density at radius 1 is 0.958 bits per heavy atom. The van der Waals surface area contributed by atoms with Gasteiger partial charge in [-0.05, 0) is 17.7 Å². The standard InChI is InChI=1S/C17H19N3O4/c1-12(21)18-10-15(22)19-11-16(23)20-17(14-8-5-9-24-14)13-6-3-2-4-7-13/h2-9,17H,10-11H2,1H3,(H,18,21)(H,19,22)(H,20,23)/t17-/m0/s1. The van der Waals surface area contributed by atoms with Crippen molar-refractivity contribution in [3.63, 3.8) is 0 Å². The second kappa shape index (κ2) is 8.52. The van der Waals surface area contributed by atoms with Crippen LogP contribution in [0.25, 0.3) is 0 Å². The molecule has 2 aromatic rings. The van der Waals surface area contributed by atoms with Crippen LogP contribution in [0.3, 0.4) is 0 Å². The summed E-state index contributed by atoms with van der Waals surface area (Å²) >= 11 is 0. The van der Waals surface area contributed by atoms with Crippen molar-refractivity contribution < 1.29 is 18.8 Å². The van der Waals surface area contributed by atoms with E-state index in [1.807, 2.05) is 30.3 Å². The zero-order valence-corrected chi connectivity index (χ0v) is 13.2. The van der Waals surface area contributed by atoms with Crippen molar-refractivity contribution >= 4 is 17.7 Å². The lowest BCUT2D eigenvalue weighted by Crippen LogP contribution is -2.42. The molecule has 1 heterocycles. The fourth-order valence-corrected chi connectivity index (χ4v) is 2.08. The average Bonchev–Trinajstić information content (AvgIpc) is 3.11. The molecule has 1 aromatic carbocycles. The zero-order chi connectivity index (χ0) is 17.4. The molecule has 0 saturated heterocycles. The maximum atomic E-state index is 12.1. The minimum absolute atomic E-state index is 0.164. The molecule has 3 N–H and O–H groups in total. The van der Waals surface area contributed by atoms with Crippen molar-refractivity contribution in [1.29, 1.82) is 0 Å². The summed E-state index contributed by atoms with van der Waals surface area (Å²) in [5.41, 5.74) is 0.866. The number of nitrogens with one attached hydrogen (secondary N) is 3. The first-order valence-corrected chi connectivity index (χ1v) is 7.45. The van der Waals surface area contributed by atoms with Crippen LogP contribution in [0.2, 0.25) is 0 Å². The minimum atomic E-state index is -0.444. The highest BCUT2D eigenvalue weighted by Crippen LogP contribution is 2.22. The summed E-state index contributed by atoms with van der Waals surface area (Å²) in [6, 6.07) is 12.4. The van der Waals surface area contributed by atoms with E-state index in [0.717, 1.165) is 5.56 Å². The van der Waals surface area contributed by atoms with E-state index in [4.69, 9.17) is 4.42 Å². The first-order chi connectivity index (χ1) is 11.6. The summed E-state index contributed by atoms with van der Waals surface area (Å²) in [6.07, 6.45) is 1.53. The van der Waals surface area contributed by atoms with Crippen LogP contribution in [0.5, 0.6) is 0 Å². The molecule has 0 bridgehead atoms. The Morgan fingerprint density at radius 2 is 1.67 bits per heavy atom. The van der Waals surface area contributed by atoms with Crippen LogP contribution in [0.4, 0.5) is 0 Å². The molecule has 126 valence electrons. The molecule has 7 nitrogen and oxygen atoms in total. The van der Waals surface area contributed by atoms with Gasteiger partial charge in [0.05, 0.1) is 19.4 Å². The molecule has 3 amide bonds. The van der Waals surface area contributed by atoms with Crippen molar-refractivity contribution in [2.75, 3.05) is 13.1 Å². The Morgan fingerprint density at radius 3 is 2.29 bits per heavy atom. The highest BCUT2D eigenvalue weighted by Gasteiger charge is 2.19. The van der Waals surface area contributed by atoms with Crippen LogP contribution in [-0.4, -0.2) is 30.8 Å². The van der Waals surface area contributed by atoms with E-state index in [2.05, 4.69) is 16.0 Å². The Kier molecular flexibility index (Phi) is 6.13. The Hall–Kier alpha value is -3.09. The monoisotopic (exact) mass is 329 g/mol. The number of rotatable bonds is 7. The van der Waals surface area contributed by atoms with Crippen LogP contribution in [0, 0.1) is 0 Å². The molecule has 1 atom stereocenters. The fraction of sp³-hybridized carbons (Fsp3) is 0.235. The topological polar surface area (TPSA) is 100 Å². The van der Waals surface area contributed by atoms with Gasteiger partial charge in [-0.2, -0.15) is 0 Å². The van der Waals surface area contributed by atoms with E-state index in [9.17, 15) is 14.4 Å². The van der Waals surface area contributed by atoms with Crippen molar-refractivity contribution in [1.82, 2.24) is 16.0 Å². The van der Waals surface area contributed by atoms with E-state index in [1.165, 1.54) is 13.2 Å². The van der Waals surface area contributed by atoms with Crippen LogP contribution >= 0.6 is 0 Å². The largest absolute Gasteiger partial charge is 0.467 e. The summed E-state index contributed by atoms with van der Waals surface area (Å²) in [6.45, 7) is 0.958. The third-order valence-electron chi connectivity index (χ3n) is 3.21. The maximum Gasteiger partial charge on any atom is 0.240 e. The third-order valence-corrected chi connectivity index (χ3v) is 3.21. The molecule has 0 saturated carbocycles. The molecular weight excluding hydrogens is 310 g/mol. The molecule has 7 heteroatoms. The minimum Gasteiger partial charge on any atom is -0.467 e. The van der Waals surface area contributed by atoms with E-state index in [-0.39, 0.29) is 24.9 Å². The number of amides is 3. The summed E-state index contributed by atoms with van der Waals surface area (Å²) in [5, 5.41) is 7.63. The van der Waals surface area contributed by atoms with Gasteiger partial charge in [-0.25, -0.2) is 0 Å². The quantitative estimate of drug-likeness (QED) is 0.697. The first-order valence-electron chi connectivity index (χ1n) is 7.45. The summed E-state index contributed by atoms with van der Waals surface area (Å²) in [4.78, 5) is 34.4. The second-order valence-electron chi connectivity index (χ2n) is 5.11. The average molecular weight is 329 g/mol. The van der Waals surface area contributed by atoms with E-state index in [0.29, 0.717) is 5.76 Å². The predicted molar refractivity (Wildman–Crippen MR) is 86.8 cm³/mol. The summed E-state index contributed by atoms with van der Waals surface area (Å²) < 4.78 is 5.39. The van der Waals surface area contributed by atoms with Gasteiger partial charge in [0.2, 0.25) is 17.7 Å². The molecule has 0 aliphatic carbocycles. The molecule has 24 heavy (non-hydrogen) atoms. The molecule has 1 aromatic heterocycles. The number of hydrogen-bond donors (Lipinski definition) is 3. The fourth-order valence-electron chi connectivity index (χ4n) is 2.08. The van der Waals surface area contributed by atoms with Gasteiger partial charge in [0.15, 0.2) is 0 Å². The second-order valence-corrected chi connectivity index (χ2v) is 5.11. The SMILES string of the molecule is CC(=O)NCC(=O)NCC(=O)N[C@@H](c1ccccc1)c1ccco1. The molecular formula is C17H19N3O4. The Labute approximate surface area is 139 Å². The molecule has 2 rings (SSSR count). The number of furan rings is 1. The molecule has 0 unspecified atom stereocenters. The van der Waals surface area contributed by atoms with Gasteiger partial charge < -0.3 is 20.4 Å². The van der Waals surface area contributed by atoms with Crippen molar-refractivity contribution in [3.05, 3.63) is 60.1 Å². The normalized spacial score (nSPS) is 11.4. The smallest absolute Gasteiger partial charge is 0.240 e. The van der Waals surface area contributed by atoms with Gasteiger partial charge in [-0.1, -0.05) is 30.3 Å². The maximum absolute atomic E-state index is 12.1. The van der Waals surface area contributed by atoms with Crippen molar-refractivity contribution in [3.8, 4) is 0 Å². The number of hydrogen-bond acceptors (Lipinski definition) is 4. The van der Waals surface area contributed by atoms with Crippen molar-refractivity contribution in [2.45, 2.75) is 13.0 Å². The number of carbonyl (C=O) groups is 3. The van der Waals surface area contributed by atoms with Crippen LogP contribution < -0.4 is 16.0 Å². The number of benzene rings is 1. The van der Waals surface area contributed by atoms with Gasteiger partial charge in [-0.3, -0.25) is 14.4 Å². The third kappa shape index (κ3) is 5.28. The van der Waals surface area contributed by atoms with E-state index in [1.54, 1.807) is 12.1 Å². The molecule has 0 radical (unpaired) electrons. The predicted octanol–water partition coefficient (Wildman–Crippen LogP) is 0.738. The summed E-state index contributed by atoms with van der Waals surface area (Å²) in [5.74, 6) is -0.512. The van der Waals surface area contributed by atoms with Gasteiger partial charge in [0, 0.05) is 6.92 Å². The Balaban J connectivity index is 1.94. The van der Waals surface area contributed by atoms with Gasteiger partial charge in [0.25, 0.3) is 0 Å². The lowest BCUT2D eigenvalue weighted by atomic mass is 10.0. The first kappa shape index (κ1) is 17.3. The highest BCUT2D eigenvalue weighted by molar-refractivity contribution is 5.87. The lowest BCUT2D eigenvalue weighted by molar-refractivity contribution is -0.127. The van der Waals surface area contributed by atoms with E-state index < -0.39 is 11.9 Å².